The van der Waals surface area contributed by atoms with Crippen molar-refractivity contribution in [1.82, 2.24) is 14.5 Å². The molecule has 1 fully saturated rings. The number of hydrogen-bond acceptors (Lipinski definition) is 6. The molecule has 0 bridgehead atoms. The number of aromatic nitrogens is 2. The van der Waals surface area contributed by atoms with Crippen molar-refractivity contribution in [2.45, 2.75) is 32.1 Å². The Morgan fingerprint density at radius 3 is 2.60 bits per heavy atom. The number of nitrogens with zero attached hydrogens (tertiary/aromatic N) is 3. The number of alkyl halides is 3. The Bertz CT molecular complexity index is 1060. The van der Waals surface area contributed by atoms with Gasteiger partial charge in [-0.1, -0.05) is 12.1 Å². The second kappa shape index (κ2) is 8.25. The summed E-state index contributed by atoms with van der Waals surface area (Å²) in [5.74, 6) is -3.05. The van der Waals surface area contributed by atoms with Gasteiger partial charge in [0.1, 0.15) is 6.54 Å². The third-order valence-corrected chi connectivity index (χ3v) is 6.61. The summed E-state index contributed by atoms with van der Waals surface area (Å²) in [5.41, 5.74) is 0.188. The van der Waals surface area contributed by atoms with Crippen LogP contribution >= 0.6 is 0 Å². The summed E-state index contributed by atoms with van der Waals surface area (Å²) in [5, 5.41) is 0. The Labute approximate surface area is 170 Å². The first-order valence-electron chi connectivity index (χ1n) is 9.20. The van der Waals surface area contributed by atoms with Crippen molar-refractivity contribution in [2.75, 3.05) is 24.7 Å². The Hall–Kier alpha value is -2.63. The second-order valence-electron chi connectivity index (χ2n) is 6.91. The number of rotatable bonds is 6. The lowest BCUT2D eigenvalue weighted by Crippen LogP contribution is -2.43. The van der Waals surface area contributed by atoms with Crippen molar-refractivity contribution in [3.05, 3.63) is 30.1 Å². The fourth-order valence-corrected chi connectivity index (χ4v) is 5.24. The molecule has 1 aromatic heterocycles. The van der Waals surface area contributed by atoms with Gasteiger partial charge >= 0.3 is 12.1 Å². The van der Waals surface area contributed by atoms with Crippen LogP contribution in [-0.2, 0) is 36.9 Å². The van der Waals surface area contributed by atoms with Crippen molar-refractivity contribution < 1.29 is 35.9 Å². The van der Waals surface area contributed by atoms with E-state index in [1.54, 1.807) is 6.92 Å². The van der Waals surface area contributed by atoms with Crippen LogP contribution in [-0.4, -0.2) is 65.4 Å². The predicted octanol–water partition coefficient (Wildman–Crippen LogP) is 1.63. The Balaban J connectivity index is 1.68. The molecule has 3 rings (SSSR count). The van der Waals surface area contributed by atoms with Crippen molar-refractivity contribution >= 4 is 32.7 Å². The molecule has 1 saturated heterocycles. The number of para-hydroxylation sites is 2. The molecule has 164 valence electrons. The maximum Gasteiger partial charge on any atom is 0.449 e. The molecule has 1 atom stereocenters. The molecule has 2 aromatic rings. The molecule has 8 nitrogen and oxygen atoms in total. The lowest BCUT2D eigenvalue weighted by molar-refractivity contribution is -0.155. The third kappa shape index (κ3) is 4.74. The Kier molecular flexibility index (Phi) is 6.06. The average molecular weight is 447 g/mol. The van der Waals surface area contributed by atoms with E-state index in [0.29, 0.717) is 11.0 Å². The molecule has 0 spiro atoms. The molecule has 0 unspecified atom stereocenters. The minimum absolute atomic E-state index is 0.0187. The molecular weight excluding hydrogens is 427 g/mol. The maximum absolute atomic E-state index is 13.3. The summed E-state index contributed by atoms with van der Waals surface area (Å²) >= 11 is 0. The smallest absolute Gasteiger partial charge is 0.449 e. The summed E-state index contributed by atoms with van der Waals surface area (Å²) in [6.07, 6.45) is -4.48. The molecule has 0 N–H and O–H groups in total. The van der Waals surface area contributed by atoms with E-state index < -0.39 is 52.9 Å². The van der Waals surface area contributed by atoms with E-state index in [9.17, 15) is 31.2 Å². The summed E-state index contributed by atoms with van der Waals surface area (Å²) in [6.45, 7) is 0.433. The van der Waals surface area contributed by atoms with E-state index in [-0.39, 0.29) is 29.1 Å². The molecule has 12 heteroatoms. The van der Waals surface area contributed by atoms with Gasteiger partial charge in [-0.25, -0.2) is 13.4 Å². The van der Waals surface area contributed by atoms with E-state index >= 15 is 0 Å². The van der Waals surface area contributed by atoms with Crippen LogP contribution < -0.4 is 0 Å². The number of fused-ring (bicyclic) bond motifs is 1. The van der Waals surface area contributed by atoms with E-state index in [1.807, 2.05) is 0 Å². The van der Waals surface area contributed by atoms with Crippen LogP contribution in [0.25, 0.3) is 11.0 Å². The first-order valence-corrected chi connectivity index (χ1v) is 11.0. The number of sulfone groups is 1. The van der Waals surface area contributed by atoms with Crippen LogP contribution in [0.2, 0.25) is 0 Å². The van der Waals surface area contributed by atoms with Crippen LogP contribution in [0.3, 0.4) is 0 Å². The third-order valence-electron chi connectivity index (χ3n) is 4.86. The Morgan fingerprint density at radius 2 is 2.00 bits per heavy atom. The zero-order chi connectivity index (χ0) is 22.1. The number of carbonyl (C=O) groups is 2. The van der Waals surface area contributed by atoms with Crippen LogP contribution in [0.1, 0.15) is 19.2 Å². The molecule has 0 saturated carbocycles. The number of carbonyl (C=O) groups excluding carboxylic acids is 2. The summed E-state index contributed by atoms with van der Waals surface area (Å²) in [6, 6.07) is 5.34. The highest BCUT2D eigenvalue weighted by atomic mass is 32.2. The maximum atomic E-state index is 13.3. The highest BCUT2D eigenvalue weighted by molar-refractivity contribution is 7.91. The van der Waals surface area contributed by atoms with Gasteiger partial charge in [0.2, 0.25) is 5.82 Å². The number of hydrogen-bond donors (Lipinski definition) is 0. The summed E-state index contributed by atoms with van der Waals surface area (Å²) in [7, 11) is -3.21. The first kappa shape index (κ1) is 22.1. The number of halogens is 3. The zero-order valence-electron chi connectivity index (χ0n) is 16.1. The lowest BCUT2D eigenvalue weighted by atomic mass is 10.2. The van der Waals surface area contributed by atoms with E-state index in [0.717, 1.165) is 0 Å². The molecular formula is C18H20F3N3O5S. The topological polar surface area (TPSA) is 98.6 Å². The van der Waals surface area contributed by atoms with Crippen molar-refractivity contribution in [1.29, 1.82) is 0 Å². The average Bonchev–Trinajstić information content (AvgIpc) is 3.21. The fraction of sp³-hybridized carbons (Fsp3) is 0.500. The highest BCUT2D eigenvalue weighted by Crippen LogP contribution is 2.31. The van der Waals surface area contributed by atoms with Gasteiger partial charge in [-0.3, -0.25) is 9.59 Å². The minimum atomic E-state index is -4.78. The SMILES string of the molecule is CCN(C(=O)COC(=O)Cn1c(C(F)(F)F)nc2ccccc21)[C@@H]1CCS(=O)(=O)C1. The highest BCUT2D eigenvalue weighted by Gasteiger charge is 2.38. The van der Waals surface area contributed by atoms with E-state index in [4.69, 9.17) is 4.74 Å². The van der Waals surface area contributed by atoms with E-state index in [1.165, 1.54) is 29.2 Å². The standard InChI is InChI=1S/C18H20F3N3O5S/c1-2-23(12-7-8-30(27,28)11-12)15(25)10-29-16(26)9-24-14-6-4-3-5-13(14)22-17(24)18(19,20)21/h3-6,12H,2,7-11H2,1H3/t12-/m1/s1. The largest absolute Gasteiger partial charge is 0.454 e. The molecule has 1 amide bonds. The molecule has 1 aliphatic heterocycles. The number of likely N-dealkylation sites (N-methyl/N-ethyl adjacent to an activating group) is 1. The van der Waals surface area contributed by atoms with Crippen molar-refractivity contribution in [3.8, 4) is 0 Å². The molecule has 1 aromatic carbocycles. The van der Waals surface area contributed by atoms with Gasteiger partial charge < -0.3 is 14.2 Å². The van der Waals surface area contributed by atoms with Crippen molar-refractivity contribution in [3.63, 3.8) is 0 Å². The molecule has 0 radical (unpaired) electrons. The normalized spacial score (nSPS) is 18.5. The van der Waals surface area contributed by atoms with Gasteiger partial charge in [0.05, 0.1) is 22.5 Å². The van der Waals surface area contributed by atoms with Gasteiger partial charge in [0.25, 0.3) is 5.91 Å². The number of imidazole rings is 1. The summed E-state index contributed by atoms with van der Waals surface area (Å²) < 4.78 is 68.7. The van der Waals surface area contributed by atoms with Gasteiger partial charge in [0.15, 0.2) is 16.4 Å². The van der Waals surface area contributed by atoms with Crippen LogP contribution in [0.15, 0.2) is 24.3 Å². The van der Waals surface area contributed by atoms with Gasteiger partial charge in [0, 0.05) is 12.6 Å². The van der Waals surface area contributed by atoms with Crippen molar-refractivity contribution in [2.24, 2.45) is 0 Å². The Morgan fingerprint density at radius 1 is 1.30 bits per heavy atom. The predicted molar refractivity (Wildman–Crippen MR) is 100 cm³/mol. The van der Waals surface area contributed by atoms with Gasteiger partial charge in [-0.05, 0) is 25.5 Å². The van der Waals surface area contributed by atoms with Crippen LogP contribution in [0.5, 0.6) is 0 Å². The lowest BCUT2D eigenvalue weighted by Gasteiger charge is -2.26. The second-order valence-corrected chi connectivity index (χ2v) is 9.13. The van der Waals surface area contributed by atoms with Crippen LogP contribution in [0, 0.1) is 0 Å². The number of ether oxygens (including phenoxy) is 1. The molecule has 1 aliphatic rings. The number of benzene rings is 1. The van der Waals surface area contributed by atoms with Gasteiger partial charge in [-0.15, -0.1) is 0 Å². The zero-order valence-corrected chi connectivity index (χ0v) is 16.9. The number of amides is 1. The molecule has 2 heterocycles. The summed E-state index contributed by atoms with van der Waals surface area (Å²) in [4.78, 5) is 29.4. The van der Waals surface area contributed by atoms with Gasteiger partial charge in [-0.2, -0.15) is 13.2 Å². The monoisotopic (exact) mass is 447 g/mol. The number of esters is 1. The molecule has 30 heavy (non-hydrogen) atoms. The van der Waals surface area contributed by atoms with Crippen LogP contribution in [0.4, 0.5) is 13.2 Å². The minimum Gasteiger partial charge on any atom is -0.454 e. The first-order chi connectivity index (χ1) is 14.0. The quantitative estimate of drug-likeness (QED) is 0.625. The van der Waals surface area contributed by atoms with E-state index in [2.05, 4.69) is 4.98 Å². The molecule has 0 aliphatic carbocycles. The fourth-order valence-electron chi connectivity index (χ4n) is 3.51.